The molecular weight excluding hydrogens is 360 g/mol. The molecule has 122 valence electrons. The molecule has 23 heavy (non-hydrogen) atoms. The van der Waals surface area contributed by atoms with Crippen LogP contribution in [0, 0.1) is 0 Å². The molecule has 1 N–H and O–H groups in total. The lowest BCUT2D eigenvalue weighted by molar-refractivity contribution is 0.220. The number of hydrogen-bond donors (Lipinski definition) is 1. The lowest BCUT2D eigenvalue weighted by Crippen LogP contribution is -2.31. The Bertz CT molecular complexity index is 691. The predicted molar refractivity (Wildman–Crippen MR) is 94.2 cm³/mol. The second-order valence-electron chi connectivity index (χ2n) is 4.94. The predicted octanol–water partition coefficient (Wildman–Crippen LogP) is 4.13. The number of nitrogens with zero attached hydrogens (tertiary/aromatic N) is 1. The van der Waals surface area contributed by atoms with Gasteiger partial charge in [-0.3, -0.25) is 0 Å². The van der Waals surface area contributed by atoms with Crippen molar-refractivity contribution in [3.63, 3.8) is 0 Å². The minimum atomic E-state index is -0.229. The molecule has 0 fully saturated rings. The van der Waals surface area contributed by atoms with Gasteiger partial charge in [0.2, 0.25) is 0 Å². The average Bonchev–Trinajstić information content (AvgIpc) is 2.56. The van der Waals surface area contributed by atoms with Crippen molar-refractivity contribution in [3.8, 4) is 11.5 Å². The molecule has 0 atom stereocenters. The molecule has 0 heterocycles. The van der Waals surface area contributed by atoms with Crippen molar-refractivity contribution < 1.29 is 14.3 Å². The summed E-state index contributed by atoms with van der Waals surface area (Å²) < 4.78 is 11.4. The van der Waals surface area contributed by atoms with E-state index in [0.717, 1.165) is 10.0 Å². The number of halogens is 1. The lowest BCUT2D eigenvalue weighted by Gasteiger charge is -2.20. The molecule has 0 radical (unpaired) electrons. The molecule has 2 aromatic carbocycles. The topological polar surface area (TPSA) is 50.8 Å². The summed E-state index contributed by atoms with van der Waals surface area (Å²) in [6.07, 6.45) is 0. The number of amides is 2. The van der Waals surface area contributed by atoms with E-state index in [0.29, 0.717) is 23.7 Å². The Balaban J connectivity index is 2.10. The third-order valence-corrected chi connectivity index (χ3v) is 4.13. The summed E-state index contributed by atoms with van der Waals surface area (Å²) in [4.78, 5) is 14.0. The summed E-state index contributed by atoms with van der Waals surface area (Å²) in [5.74, 6) is 1.22. The maximum absolute atomic E-state index is 12.4. The van der Waals surface area contributed by atoms with Gasteiger partial charge in [-0.25, -0.2) is 4.79 Å². The zero-order chi connectivity index (χ0) is 16.8. The first-order chi connectivity index (χ1) is 11.0. The lowest BCUT2D eigenvalue weighted by atomic mass is 10.2. The Morgan fingerprint density at radius 1 is 1.17 bits per heavy atom. The Labute approximate surface area is 144 Å². The summed E-state index contributed by atoms with van der Waals surface area (Å²) >= 11 is 3.49. The van der Waals surface area contributed by atoms with Gasteiger partial charge in [0.15, 0.2) is 0 Å². The minimum Gasteiger partial charge on any atom is -0.497 e. The van der Waals surface area contributed by atoms with Crippen LogP contribution in [0.1, 0.15) is 5.56 Å². The molecule has 5 nitrogen and oxygen atoms in total. The highest BCUT2D eigenvalue weighted by atomic mass is 79.9. The van der Waals surface area contributed by atoms with Crippen molar-refractivity contribution in [2.45, 2.75) is 6.54 Å². The van der Waals surface area contributed by atoms with Crippen molar-refractivity contribution in [1.29, 1.82) is 0 Å². The van der Waals surface area contributed by atoms with E-state index in [1.807, 2.05) is 24.3 Å². The largest absolute Gasteiger partial charge is 0.497 e. The number of hydrogen-bond acceptors (Lipinski definition) is 3. The van der Waals surface area contributed by atoms with E-state index in [9.17, 15) is 4.79 Å². The summed E-state index contributed by atoms with van der Waals surface area (Å²) in [5.41, 5.74) is 1.60. The number of benzene rings is 2. The van der Waals surface area contributed by atoms with E-state index >= 15 is 0 Å². The van der Waals surface area contributed by atoms with Crippen LogP contribution in [0.25, 0.3) is 0 Å². The van der Waals surface area contributed by atoms with Crippen LogP contribution in [-0.4, -0.2) is 32.2 Å². The van der Waals surface area contributed by atoms with Gasteiger partial charge in [0, 0.05) is 24.1 Å². The number of urea groups is 1. The molecule has 6 heteroatoms. The first kappa shape index (κ1) is 17.1. The first-order valence-corrected chi connectivity index (χ1v) is 7.82. The average molecular weight is 379 g/mol. The second kappa shape index (κ2) is 7.87. The SMILES string of the molecule is COc1ccc(OC)c(NC(=O)N(C)Cc2ccccc2Br)c1. The smallest absolute Gasteiger partial charge is 0.321 e. The number of rotatable bonds is 5. The molecule has 0 aliphatic carbocycles. The standard InChI is InChI=1S/C17H19BrN2O3/c1-20(11-12-6-4-5-7-14(12)18)17(21)19-15-10-13(22-2)8-9-16(15)23-3/h4-10H,11H2,1-3H3,(H,19,21). The molecule has 2 amide bonds. The van der Waals surface area contributed by atoms with Crippen LogP contribution in [0.2, 0.25) is 0 Å². The molecule has 0 saturated carbocycles. The van der Waals surface area contributed by atoms with Gasteiger partial charge in [0.25, 0.3) is 0 Å². The van der Waals surface area contributed by atoms with Crippen LogP contribution in [0.5, 0.6) is 11.5 Å². The van der Waals surface area contributed by atoms with Crippen LogP contribution >= 0.6 is 15.9 Å². The van der Waals surface area contributed by atoms with Gasteiger partial charge in [-0.15, -0.1) is 0 Å². The third kappa shape index (κ3) is 4.39. The molecule has 0 unspecified atom stereocenters. The van der Waals surface area contributed by atoms with Crippen LogP contribution < -0.4 is 14.8 Å². The fraction of sp³-hybridized carbons (Fsp3) is 0.235. The second-order valence-corrected chi connectivity index (χ2v) is 5.80. The molecule has 0 bridgehead atoms. The summed E-state index contributed by atoms with van der Waals surface area (Å²) in [6, 6.07) is 12.8. The van der Waals surface area contributed by atoms with Gasteiger partial charge in [0.05, 0.1) is 19.9 Å². The highest BCUT2D eigenvalue weighted by molar-refractivity contribution is 9.10. The summed E-state index contributed by atoms with van der Waals surface area (Å²) in [7, 11) is 4.87. The first-order valence-electron chi connectivity index (χ1n) is 7.02. The zero-order valence-electron chi connectivity index (χ0n) is 13.3. The molecule has 0 saturated heterocycles. The Hall–Kier alpha value is -2.21. The molecular formula is C17H19BrN2O3. The van der Waals surface area contributed by atoms with E-state index in [1.54, 1.807) is 44.4 Å². The molecule has 0 aliphatic heterocycles. The fourth-order valence-corrected chi connectivity index (χ4v) is 2.49. The van der Waals surface area contributed by atoms with Crippen LogP contribution in [-0.2, 0) is 6.54 Å². The summed E-state index contributed by atoms with van der Waals surface area (Å²) in [6.45, 7) is 0.486. The van der Waals surface area contributed by atoms with E-state index in [4.69, 9.17) is 9.47 Å². The molecule has 0 spiro atoms. The molecule has 2 rings (SSSR count). The number of nitrogens with one attached hydrogen (secondary N) is 1. The Morgan fingerprint density at radius 2 is 1.91 bits per heavy atom. The highest BCUT2D eigenvalue weighted by Crippen LogP contribution is 2.29. The van der Waals surface area contributed by atoms with Crippen LogP contribution in [0.3, 0.4) is 0 Å². The van der Waals surface area contributed by atoms with Gasteiger partial charge in [-0.2, -0.15) is 0 Å². The Morgan fingerprint density at radius 3 is 2.57 bits per heavy atom. The summed E-state index contributed by atoms with van der Waals surface area (Å²) in [5, 5.41) is 2.84. The van der Waals surface area contributed by atoms with E-state index < -0.39 is 0 Å². The molecule has 2 aromatic rings. The highest BCUT2D eigenvalue weighted by Gasteiger charge is 2.14. The number of carbonyl (C=O) groups is 1. The van der Waals surface area contributed by atoms with E-state index in [1.165, 1.54) is 0 Å². The number of carbonyl (C=O) groups excluding carboxylic acids is 1. The number of methoxy groups -OCH3 is 2. The van der Waals surface area contributed by atoms with E-state index in [-0.39, 0.29) is 6.03 Å². The van der Waals surface area contributed by atoms with Crippen LogP contribution in [0.4, 0.5) is 10.5 Å². The van der Waals surface area contributed by atoms with Gasteiger partial charge < -0.3 is 19.7 Å². The maximum atomic E-state index is 12.4. The monoisotopic (exact) mass is 378 g/mol. The number of anilines is 1. The molecule has 0 aromatic heterocycles. The van der Waals surface area contributed by atoms with Crippen molar-refractivity contribution in [3.05, 3.63) is 52.5 Å². The van der Waals surface area contributed by atoms with Gasteiger partial charge in [-0.1, -0.05) is 34.1 Å². The fourth-order valence-electron chi connectivity index (χ4n) is 2.08. The maximum Gasteiger partial charge on any atom is 0.321 e. The van der Waals surface area contributed by atoms with Crippen molar-refractivity contribution in [2.24, 2.45) is 0 Å². The van der Waals surface area contributed by atoms with Crippen LogP contribution in [0.15, 0.2) is 46.9 Å². The van der Waals surface area contributed by atoms with Crippen molar-refractivity contribution in [1.82, 2.24) is 4.90 Å². The van der Waals surface area contributed by atoms with Gasteiger partial charge in [-0.05, 0) is 23.8 Å². The van der Waals surface area contributed by atoms with Gasteiger partial charge in [0.1, 0.15) is 11.5 Å². The number of ether oxygens (including phenoxy) is 2. The minimum absolute atomic E-state index is 0.229. The zero-order valence-corrected chi connectivity index (χ0v) is 14.9. The molecule has 0 aliphatic rings. The van der Waals surface area contributed by atoms with E-state index in [2.05, 4.69) is 21.2 Å². The normalized spacial score (nSPS) is 10.1. The Kier molecular flexibility index (Phi) is 5.87. The van der Waals surface area contributed by atoms with Crippen molar-refractivity contribution >= 4 is 27.6 Å². The van der Waals surface area contributed by atoms with Crippen molar-refractivity contribution in [2.75, 3.05) is 26.6 Å². The quantitative estimate of drug-likeness (QED) is 0.850. The third-order valence-electron chi connectivity index (χ3n) is 3.36. The van der Waals surface area contributed by atoms with Gasteiger partial charge >= 0.3 is 6.03 Å².